The Kier molecular flexibility index (Phi) is 3.66. The first-order valence-electron chi connectivity index (χ1n) is 8.94. The summed E-state index contributed by atoms with van der Waals surface area (Å²) in [4.78, 5) is 14.6. The number of nitrogens with one attached hydrogen (secondary N) is 1. The lowest BCUT2D eigenvalue weighted by molar-refractivity contribution is -0.0434. The Morgan fingerprint density at radius 1 is 1.27 bits per heavy atom. The molecule has 140 valence electrons. The molecule has 1 spiro atoms. The molecule has 10 heteroatoms. The van der Waals surface area contributed by atoms with E-state index in [1.165, 1.54) is 12.7 Å². The zero-order chi connectivity index (χ0) is 17.9. The highest BCUT2D eigenvalue weighted by atomic mass is 16.6. The Balaban J connectivity index is 1.34. The van der Waals surface area contributed by atoms with Gasteiger partial charge in [0.15, 0.2) is 17.7 Å². The molecule has 3 fully saturated rings. The van der Waals surface area contributed by atoms with Gasteiger partial charge in [-0.05, 0) is 13.0 Å². The molecule has 0 radical (unpaired) electrons. The van der Waals surface area contributed by atoms with Crippen molar-refractivity contribution < 1.29 is 14.9 Å². The van der Waals surface area contributed by atoms with Crippen molar-refractivity contribution in [2.24, 2.45) is 5.41 Å². The Bertz CT molecular complexity index is 823. The largest absolute Gasteiger partial charge is 0.387 e. The van der Waals surface area contributed by atoms with Gasteiger partial charge in [0, 0.05) is 31.6 Å². The van der Waals surface area contributed by atoms with E-state index in [0.29, 0.717) is 23.1 Å². The summed E-state index contributed by atoms with van der Waals surface area (Å²) in [6.45, 7) is 4.72. The molecule has 3 aliphatic heterocycles. The maximum Gasteiger partial charge on any atom is 0.167 e. The number of likely N-dealkylation sites (tertiary alicyclic amines) is 1. The van der Waals surface area contributed by atoms with Crippen LogP contribution in [0.25, 0.3) is 11.2 Å². The SMILES string of the molecule is Nc1ncnc2c1ncn2[C@@H]1O[C@H](CN2CCC3(CNC3)C2)[C@@H](O)[C@H]1O. The minimum Gasteiger partial charge on any atom is -0.387 e. The van der Waals surface area contributed by atoms with Crippen LogP contribution in [0.3, 0.4) is 0 Å². The van der Waals surface area contributed by atoms with Crippen molar-refractivity contribution in [2.75, 3.05) is 38.5 Å². The Labute approximate surface area is 150 Å². The van der Waals surface area contributed by atoms with Gasteiger partial charge in [-0.3, -0.25) is 9.47 Å². The standard InChI is InChI=1S/C16H23N7O3/c17-13-10-14(20-7-19-13)23(8-21-10)15-12(25)11(24)9(26-15)3-22-2-1-16(6-22)4-18-5-16/h7-9,11-12,15,18,24-25H,1-6H2,(H2,17,19,20)/t9-,11-,12-,15-/m1/s1. The van der Waals surface area contributed by atoms with Crippen LogP contribution in [0.5, 0.6) is 0 Å². The number of nitrogens with two attached hydrogens (primary N) is 1. The third-order valence-electron chi connectivity index (χ3n) is 5.95. The minimum atomic E-state index is -1.06. The molecular weight excluding hydrogens is 338 g/mol. The molecule has 3 saturated heterocycles. The van der Waals surface area contributed by atoms with Gasteiger partial charge in [-0.2, -0.15) is 0 Å². The summed E-state index contributed by atoms with van der Waals surface area (Å²) in [5.41, 5.74) is 7.14. The zero-order valence-corrected chi connectivity index (χ0v) is 14.3. The van der Waals surface area contributed by atoms with Gasteiger partial charge < -0.3 is 26.0 Å². The smallest absolute Gasteiger partial charge is 0.167 e. The van der Waals surface area contributed by atoms with E-state index in [2.05, 4.69) is 25.2 Å². The monoisotopic (exact) mass is 361 g/mol. The maximum atomic E-state index is 10.5. The lowest BCUT2D eigenvalue weighted by Crippen LogP contribution is -2.55. The average Bonchev–Trinajstić information content (AvgIpc) is 3.28. The lowest BCUT2D eigenvalue weighted by atomic mass is 9.81. The molecule has 0 unspecified atom stereocenters. The van der Waals surface area contributed by atoms with Crippen molar-refractivity contribution in [3.05, 3.63) is 12.7 Å². The number of aromatic nitrogens is 4. The van der Waals surface area contributed by atoms with E-state index >= 15 is 0 Å². The number of nitrogen functional groups attached to an aromatic ring is 1. The van der Waals surface area contributed by atoms with E-state index in [1.54, 1.807) is 4.57 Å². The van der Waals surface area contributed by atoms with Gasteiger partial charge in [0.05, 0.1) is 6.33 Å². The number of ether oxygens (including phenoxy) is 1. The average molecular weight is 361 g/mol. The van der Waals surface area contributed by atoms with Gasteiger partial charge >= 0.3 is 0 Å². The highest BCUT2D eigenvalue weighted by molar-refractivity contribution is 5.81. The molecule has 5 N–H and O–H groups in total. The second-order valence-electron chi connectivity index (χ2n) is 7.72. The van der Waals surface area contributed by atoms with Crippen LogP contribution in [0.1, 0.15) is 12.6 Å². The minimum absolute atomic E-state index is 0.273. The first-order chi connectivity index (χ1) is 12.6. The van der Waals surface area contributed by atoms with E-state index in [1.807, 2.05) is 0 Å². The number of hydrogen-bond donors (Lipinski definition) is 4. The van der Waals surface area contributed by atoms with Crippen LogP contribution in [0.15, 0.2) is 12.7 Å². The highest BCUT2D eigenvalue weighted by Gasteiger charge is 2.48. The zero-order valence-electron chi connectivity index (χ0n) is 14.3. The number of imidazole rings is 1. The molecule has 4 atom stereocenters. The van der Waals surface area contributed by atoms with Crippen LogP contribution in [0.4, 0.5) is 5.82 Å². The molecule has 0 aliphatic carbocycles. The molecule has 26 heavy (non-hydrogen) atoms. The third kappa shape index (κ3) is 2.41. The van der Waals surface area contributed by atoms with E-state index in [4.69, 9.17) is 10.5 Å². The van der Waals surface area contributed by atoms with Gasteiger partial charge in [0.2, 0.25) is 0 Å². The summed E-state index contributed by atoms with van der Waals surface area (Å²) >= 11 is 0. The Morgan fingerprint density at radius 3 is 2.85 bits per heavy atom. The second-order valence-corrected chi connectivity index (χ2v) is 7.72. The van der Waals surface area contributed by atoms with Crippen molar-refractivity contribution in [1.29, 1.82) is 0 Å². The molecule has 5 rings (SSSR count). The fraction of sp³-hybridized carbons (Fsp3) is 0.688. The van der Waals surface area contributed by atoms with Gasteiger partial charge in [-0.1, -0.05) is 0 Å². The first kappa shape index (κ1) is 16.3. The van der Waals surface area contributed by atoms with Crippen LogP contribution in [-0.2, 0) is 4.74 Å². The fourth-order valence-corrected chi connectivity index (χ4v) is 4.37. The molecule has 0 bridgehead atoms. The Morgan fingerprint density at radius 2 is 2.12 bits per heavy atom. The van der Waals surface area contributed by atoms with Gasteiger partial charge in [-0.25, -0.2) is 15.0 Å². The lowest BCUT2D eigenvalue weighted by Gasteiger charge is -2.39. The summed E-state index contributed by atoms with van der Waals surface area (Å²) in [5, 5.41) is 24.4. The van der Waals surface area contributed by atoms with Crippen molar-refractivity contribution in [2.45, 2.75) is 31.0 Å². The van der Waals surface area contributed by atoms with Crippen LogP contribution in [0.2, 0.25) is 0 Å². The van der Waals surface area contributed by atoms with Crippen molar-refractivity contribution in [3.63, 3.8) is 0 Å². The molecule has 3 aliphatic rings. The first-order valence-corrected chi connectivity index (χ1v) is 8.94. The predicted molar refractivity (Wildman–Crippen MR) is 92.0 cm³/mol. The number of anilines is 1. The molecule has 10 nitrogen and oxygen atoms in total. The number of hydrogen-bond acceptors (Lipinski definition) is 9. The fourth-order valence-electron chi connectivity index (χ4n) is 4.37. The third-order valence-corrected chi connectivity index (χ3v) is 5.95. The molecule has 0 aromatic carbocycles. The Hall–Kier alpha value is -1.85. The van der Waals surface area contributed by atoms with Crippen LogP contribution >= 0.6 is 0 Å². The molecule has 0 saturated carbocycles. The summed E-state index contributed by atoms with van der Waals surface area (Å²) in [7, 11) is 0. The number of aliphatic hydroxyl groups is 2. The topological polar surface area (TPSA) is 135 Å². The second kappa shape index (κ2) is 5.83. The van der Waals surface area contributed by atoms with Gasteiger partial charge in [0.25, 0.3) is 0 Å². The molecule has 2 aromatic heterocycles. The quantitative estimate of drug-likeness (QED) is 0.506. The van der Waals surface area contributed by atoms with E-state index in [9.17, 15) is 10.2 Å². The van der Waals surface area contributed by atoms with Crippen molar-refractivity contribution in [1.82, 2.24) is 29.7 Å². The molecular formula is C16H23N7O3. The van der Waals surface area contributed by atoms with Gasteiger partial charge in [0.1, 0.15) is 30.2 Å². The highest BCUT2D eigenvalue weighted by Crippen LogP contribution is 2.36. The van der Waals surface area contributed by atoms with Crippen molar-refractivity contribution >= 4 is 17.0 Å². The molecule has 5 heterocycles. The number of rotatable bonds is 3. The molecule has 0 amide bonds. The molecule has 2 aromatic rings. The van der Waals surface area contributed by atoms with Gasteiger partial charge in [-0.15, -0.1) is 0 Å². The number of fused-ring (bicyclic) bond motifs is 1. The number of aliphatic hydroxyl groups excluding tert-OH is 2. The number of nitrogens with zero attached hydrogens (tertiary/aromatic N) is 5. The van der Waals surface area contributed by atoms with Crippen LogP contribution < -0.4 is 11.1 Å². The van der Waals surface area contributed by atoms with Crippen molar-refractivity contribution in [3.8, 4) is 0 Å². The van der Waals surface area contributed by atoms with Crippen LogP contribution in [-0.4, -0.2) is 85.7 Å². The maximum absolute atomic E-state index is 10.5. The summed E-state index contributed by atoms with van der Waals surface area (Å²) in [6.07, 6.45) is 0.788. The van der Waals surface area contributed by atoms with E-state index in [-0.39, 0.29) is 5.82 Å². The van der Waals surface area contributed by atoms with E-state index in [0.717, 1.165) is 32.6 Å². The summed E-state index contributed by atoms with van der Waals surface area (Å²) < 4.78 is 7.64. The predicted octanol–water partition coefficient (Wildman–Crippen LogP) is -1.68. The van der Waals surface area contributed by atoms with E-state index < -0.39 is 24.5 Å². The summed E-state index contributed by atoms with van der Waals surface area (Å²) in [6, 6.07) is 0. The van der Waals surface area contributed by atoms with Crippen LogP contribution in [0, 0.1) is 5.41 Å². The normalized spacial score (nSPS) is 33.9. The summed E-state index contributed by atoms with van der Waals surface area (Å²) in [5.74, 6) is 0.273.